The smallest absolute Gasteiger partial charge is 0.267 e. The Kier molecular flexibility index (Phi) is 9.15. The van der Waals surface area contributed by atoms with Crippen LogP contribution in [0.15, 0.2) is 57.0 Å². The van der Waals surface area contributed by atoms with Crippen LogP contribution < -0.4 is 24.3 Å². The zero-order chi connectivity index (χ0) is 25.2. The van der Waals surface area contributed by atoms with Crippen LogP contribution in [-0.4, -0.2) is 38.0 Å². The number of benzene rings is 2. The molecular weight excluding hydrogens is 518 g/mol. The van der Waals surface area contributed by atoms with E-state index < -0.39 is 5.91 Å². The van der Waals surface area contributed by atoms with Gasteiger partial charge in [-0.05, 0) is 77.8 Å². The number of hydrogen-bond acceptors (Lipinski definition) is 8. The Morgan fingerprint density at radius 2 is 1.86 bits per heavy atom. The molecule has 1 aromatic heterocycles. The number of hydrogen-bond donors (Lipinski definition) is 1. The molecule has 3 rings (SSSR count). The van der Waals surface area contributed by atoms with Crippen molar-refractivity contribution in [3.63, 3.8) is 0 Å². The summed E-state index contributed by atoms with van der Waals surface area (Å²) in [6.45, 7) is 4.52. The molecule has 0 saturated carbocycles. The fraction of sp³-hybridized carbons (Fsp3) is 0.240. The maximum atomic E-state index is 12.5. The summed E-state index contributed by atoms with van der Waals surface area (Å²) in [5, 5.41) is 15.7. The van der Waals surface area contributed by atoms with Crippen molar-refractivity contribution in [2.75, 3.05) is 32.2 Å². The standard InChI is InChI=1S/C25H24BrN3O6/c1-4-32-22-14-17(12-18(15-27)25(30)28-23-11-16(2)35-29-23)13-21(26)24(22)34-10-9-33-20-7-5-19(31-3)6-8-20/h5-8,11-14H,4,9-10H2,1-3H3,(H,28,29,30). The fourth-order valence-electron chi connectivity index (χ4n) is 2.97. The maximum Gasteiger partial charge on any atom is 0.267 e. The van der Waals surface area contributed by atoms with E-state index in [1.807, 2.05) is 37.3 Å². The lowest BCUT2D eigenvalue weighted by molar-refractivity contribution is -0.112. The summed E-state index contributed by atoms with van der Waals surface area (Å²) < 4.78 is 28.0. The highest BCUT2D eigenvalue weighted by Gasteiger charge is 2.15. The van der Waals surface area contributed by atoms with Gasteiger partial charge in [-0.15, -0.1) is 0 Å². The molecule has 0 aliphatic rings. The molecule has 0 saturated heterocycles. The van der Waals surface area contributed by atoms with Crippen LogP contribution in [-0.2, 0) is 4.79 Å². The molecule has 0 aliphatic heterocycles. The van der Waals surface area contributed by atoms with Gasteiger partial charge in [-0.25, -0.2) is 0 Å². The van der Waals surface area contributed by atoms with Crippen molar-refractivity contribution in [3.05, 3.63) is 63.8 Å². The van der Waals surface area contributed by atoms with E-state index >= 15 is 0 Å². The van der Waals surface area contributed by atoms with Gasteiger partial charge in [0, 0.05) is 6.07 Å². The van der Waals surface area contributed by atoms with Gasteiger partial charge in [-0.2, -0.15) is 5.26 Å². The van der Waals surface area contributed by atoms with E-state index in [1.165, 1.54) is 6.08 Å². The van der Waals surface area contributed by atoms with Gasteiger partial charge in [0.15, 0.2) is 17.3 Å². The Morgan fingerprint density at radius 3 is 2.49 bits per heavy atom. The van der Waals surface area contributed by atoms with E-state index in [1.54, 1.807) is 32.2 Å². The van der Waals surface area contributed by atoms with Crippen molar-refractivity contribution in [1.29, 1.82) is 5.26 Å². The average molecular weight is 542 g/mol. The van der Waals surface area contributed by atoms with Crippen LogP contribution >= 0.6 is 15.9 Å². The molecular formula is C25H24BrN3O6. The fourth-order valence-corrected chi connectivity index (χ4v) is 3.55. The molecule has 10 heteroatoms. The Bertz CT molecular complexity index is 1230. The van der Waals surface area contributed by atoms with Gasteiger partial charge >= 0.3 is 0 Å². The normalized spacial score (nSPS) is 10.9. The van der Waals surface area contributed by atoms with Gasteiger partial charge < -0.3 is 28.8 Å². The largest absolute Gasteiger partial charge is 0.497 e. The summed E-state index contributed by atoms with van der Waals surface area (Å²) in [6.07, 6.45) is 1.45. The Morgan fingerprint density at radius 1 is 1.14 bits per heavy atom. The molecule has 0 fully saturated rings. The van der Waals surface area contributed by atoms with Gasteiger partial charge in [0.05, 0.1) is 18.2 Å². The summed E-state index contributed by atoms with van der Waals surface area (Å²) in [6, 6.07) is 14.1. The summed E-state index contributed by atoms with van der Waals surface area (Å²) in [7, 11) is 1.61. The third-order valence-corrected chi connectivity index (χ3v) is 5.12. The van der Waals surface area contributed by atoms with E-state index in [2.05, 4.69) is 26.4 Å². The van der Waals surface area contributed by atoms with Crippen molar-refractivity contribution in [1.82, 2.24) is 5.16 Å². The minimum absolute atomic E-state index is 0.110. The number of ether oxygens (including phenoxy) is 4. The molecule has 0 atom stereocenters. The van der Waals surface area contributed by atoms with E-state index in [9.17, 15) is 10.1 Å². The van der Waals surface area contributed by atoms with E-state index in [0.717, 1.165) is 5.75 Å². The highest BCUT2D eigenvalue weighted by molar-refractivity contribution is 9.10. The van der Waals surface area contributed by atoms with Crippen LogP contribution in [0.3, 0.4) is 0 Å². The summed E-state index contributed by atoms with van der Waals surface area (Å²) in [5.41, 5.74) is 0.465. The van der Waals surface area contributed by atoms with Crippen LogP contribution in [0.2, 0.25) is 0 Å². The minimum Gasteiger partial charge on any atom is -0.497 e. The molecule has 0 spiro atoms. The van der Waals surface area contributed by atoms with Crippen molar-refractivity contribution in [2.45, 2.75) is 13.8 Å². The van der Waals surface area contributed by atoms with Crippen LogP contribution in [0.4, 0.5) is 5.82 Å². The second kappa shape index (κ2) is 12.5. The Labute approximate surface area is 211 Å². The van der Waals surface area contributed by atoms with Crippen molar-refractivity contribution in [3.8, 4) is 29.1 Å². The maximum absolute atomic E-state index is 12.5. The number of aryl methyl sites for hydroxylation is 1. The SMILES string of the molecule is CCOc1cc(C=C(C#N)C(=O)Nc2cc(C)on2)cc(Br)c1OCCOc1ccc(OC)cc1. The first-order chi connectivity index (χ1) is 16.9. The lowest BCUT2D eigenvalue weighted by atomic mass is 10.1. The quantitative estimate of drug-likeness (QED) is 0.201. The number of halogens is 1. The molecule has 3 aromatic rings. The molecule has 35 heavy (non-hydrogen) atoms. The van der Waals surface area contributed by atoms with Gasteiger partial charge in [-0.3, -0.25) is 4.79 Å². The number of nitriles is 1. The lowest BCUT2D eigenvalue weighted by Crippen LogP contribution is -2.13. The van der Waals surface area contributed by atoms with E-state index in [-0.39, 0.29) is 18.0 Å². The molecule has 1 amide bonds. The number of carbonyl (C=O) groups is 1. The lowest BCUT2D eigenvalue weighted by Gasteiger charge is -2.15. The number of nitrogens with zero attached hydrogens (tertiary/aromatic N) is 2. The molecule has 0 bridgehead atoms. The minimum atomic E-state index is -0.606. The number of amides is 1. The van der Waals surface area contributed by atoms with Crippen molar-refractivity contribution < 1.29 is 28.3 Å². The number of carbonyl (C=O) groups excluding carboxylic acids is 1. The molecule has 0 unspecified atom stereocenters. The van der Waals surface area contributed by atoms with E-state index in [0.29, 0.717) is 46.3 Å². The van der Waals surface area contributed by atoms with Crippen molar-refractivity contribution >= 4 is 33.7 Å². The van der Waals surface area contributed by atoms with Gasteiger partial charge in [-0.1, -0.05) is 5.16 Å². The van der Waals surface area contributed by atoms with Crippen LogP contribution in [0.1, 0.15) is 18.2 Å². The van der Waals surface area contributed by atoms with Crippen LogP contribution in [0, 0.1) is 18.3 Å². The zero-order valence-electron chi connectivity index (χ0n) is 19.5. The molecule has 9 nitrogen and oxygen atoms in total. The number of anilines is 1. The summed E-state index contributed by atoms with van der Waals surface area (Å²) in [5.74, 6) is 2.56. The monoisotopic (exact) mass is 541 g/mol. The van der Waals surface area contributed by atoms with Crippen molar-refractivity contribution in [2.24, 2.45) is 0 Å². The van der Waals surface area contributed by atoms with Gasteiger partial charge in [0.2, 0.25) is 0 Å². The van der Waals surface area contributed by atoms with Crippen LogP contribution in [0.5, 0.6) is 23.0 Å². The second-order valence-electron chi connectivity index (χ2n) is 7.08. The van der Waals surface area contributed by atoms with E-state index in [4.69, 9.17) is 23.5 Å². The average Bonchev–Trinajstić information content (AvgIpc) is 3.26. The molecule has 0 radical (unpaired) electrons. The molecule has 0 aliphatic carbocycles. The number of rotatable bonds is 11. The number of aromatic nitrogens is 1. The molecule has 1 N–H and O–H groups in total. The first-order valence-corrected chi connectivity index (χ1v) is 11.4. The molecule has 182 valence electrons. The molecule has 2 aromatic carbocycles. The summed E-state index contributed by atoms with van der Waals surface area (Å²) >= 11 is 3.49. The zero-order valence-corrected chi connectivity index (χ0v) is 21.0. The second-order valence-corrected chi connectivity index (χ2v) is 7.94. The highest BCUT2D eigenvalue weighted by Crippen LogP contribution is 2.37. The van der Waals surface area contributed by atoms with Crippen LogP contribution in [0.25, 0.3) is 6.08 Å². The van der Waals surface area contributed by atoms with Gasteiger partial charge in [0.25, 0.3) is 5.91 Å². The Hall–Kier alpha value is -3.97. The predicted octanol–water partition coefficient (Wildman–Crippen LogP) is 5.16. The Balaban J connectivity index is 1.69. The third-order valence-electron chi connectivity index (χ3n) is 4.54. The predicted molar refractivity (Wildman–Crippen MR) is 133 cm³/mol. The summed E-state index contributed by atoms with van der Waals surface area (Å²) in [4.78, 5) is 12.5. The molecule has 1 heterocycles. The number of methoxy groups -OCH3 is 1. The first kappa shape index (κ1) is 25.6. The topological polar surface area (TPSA) is 116 Å². The first-order valence-electron chi connectivity index (χ1n) is 10.7. The number of nitrogens with one attached hydrogen (secondary N) is 1. The third kappa shape index (κ3) is 7.25. The van der Waals surface area contributed by atoms with Gasteiger partial charge in [0.1, 0.15) is 42.1 Å². The highest BCUT2D eigenvalue weighted by atomic mass is 79.9.